The molecule has 0 aromatic carbocycles. The molecule has 20 heavy (non-hydrogen) atoms. The third-order valence-electron chi connectivity index (χ3n) is 2.88. The zero-order valence-electron chi connectivity index (χ0n) is 11.9. The third kappa shape index (κ3) is 3.36. The summed E-state index contributed by atoms with van der Waals surface area (Å²) in [5.74, 6) is 1.32. The molecule has 2 aromatic rings. The van der Waals surface area contributed by atoms with Crippen LogP contribution in [-0.2, 0) is 11.2 Å². The molecular weight excluding hydrogens is 276 g/mol. The van der Waals surface area contributed by atoms with Gasteiger partial charge < -0.3 is 20.5 Å². The van der Waals surface area contributed by atoms with Crippen LogP contribution < -0.4 is 10.6 Å². The van der Waals surface area contributed by atoms with Crippen molar-refractivity contribution in [3.63, 3.8) is 0 Å². The van der Waals surface area contributed by atoms with Crippen molar-refractivity contribution < 1.29 is 9.84 Å². The maximum Gasteiger partial charge on any atom is 0.225 e. The van der Waals surface area contributed by atoms with Crippen LogP contribution >= 0.6 is 11.3 Å². The van der Waals surface area contributed by atoms with Gasteiger partial charge in [-0.2, -0.15) is 4.98 Å². The fourth-order valence-corrected chi connectivity index (χ4v) is 2.83. The molecule has 7 heteroatoms. The second-order valence-electron chi connectivity index (χ2n) is 4.42. The van der Waals surface area contributed by atoms with Crippen molar-refractivity contribution in [1.82, 2.24) is 9.97 Å². The molecule has 0 aliphatic heterocycles. The van der Waals surface area contributed by atoms with Gasteiger partial charge in [-0.1, -0.05) is 6.92 Å². The highest BCUT2D eigenvalue weighted by atomic mass is 32.1. The van der Waals surface area contributed by atoms with Crippen LogP contribution in [0, 0.1) is 0 Å². The number of aliphatic hydroxyl groups is 1. The molecule has 0 saturated heterocycles. The van der Waals surface area contributed by atoms with E-state index in [0.29, 0.717) is 19.1 Å². The van der Waals surface area contributed by atoms with Crippen molar-refractivity contribution in [3.8, 4) is 0 Å². The zero-order chi connectivity index (χ0) is 14.5. The van der Waals surface area contributed by atoms with E-state index in [1.54, 1.807) is 25.5 Å². The summed E-state index contributed by atoms with van der Waals surface area (Å²) in [4.78, 5) is 11.1. The maximum absolute atomic E-state index is 9.72. The molecule has 0 radical (unpaired) electrons. The van der Waals surface area contributed by atoms with Gasteiger partial charge in [0.2, 0.25) is 5.95 Å². The van der Waals surface area contributed by atoms with Crippen LogP contribution in [-0.4, -0.2) is 48.5 Å². The van der Waals surface area contributed by atoms with E-state index in [9.17, 15) is 5.11 Å². The Balaban J connectivity index is 2.27. The topological polar surface area (TPSA) is 79.3 Å². The predicted molar refractivity (Wildman–Crippen MR) is 82.7 cm³/mol. The molecule has 0 bridgehead atoms. The molecular formula is C13H20N4O2S. The Hall–Kier alpha value is -1.44. The van der Waals surface area contributed by atoms with Crippen molar-refractivity contribution >= 4 is 33.3 Å². The molecule has 3 N–H and O–H groups in total. The fourth-order valence-electron chi connectivity index (χ4n) is 1.86. The minimum atomic E-state index is -0.563. The van der Waals surface area contributed by atoms with E-state index in [0.717, 1.165) is 22.5 Å². The molecule has 2 aromatic heterocycles. The van der Waals surface area contributed by atoms with E-state index in [1.165, 1.54) is 4.88 Å². The number of aromatic nitrogens is 2. The van der Waals surface area contributed by atoms with Gasteiger partial charge in [-0.3, -0.25) is 0 Å². The summed E-state index contributed by atoms with van der Waals surface area (Å²) in [7, 11) is 3.36. The van der Waals surface area contributed by atoms with Gasteiger partial charge in [0.05, 0.1) is 18.1 Å². The lowest BCUT2D eigenvalue weighted by molar-refractivity contribution is 0.0727. The van der Waals surface area contributed by atoms with E-state index in [2.05, 4.69) is 33.6 Å². The van der Waals surface area contributed by atoms with Crippen LogP contribution in [0.25, 0.3) is 10.2 Å². The Bertz CT molecular complexity index is 573. The first-order valence-electron chi connectivity index (χ1n) is 6.57. The molecule has 6 nitrogen and oxygen atoms in total. The quantitative estimate of drug-likeness (QED) is 0.722. The lowest BCUT2D eigenvalue weighted by Crippen LogP contribution is -2.24. The number of fused-ring (bicyclic) bond motifs is 1. The molecule has 0 aliphatic carbocycles. The summed E-state index contributed by atoms with van der Waals surface area (Å²) in [6, 6.07) is 2.10. The number of aryl methyl sites for hydroxylation is 1. The zero-order valence-corrected chi connectivity index (χ0v) is 12.8. The normalized spacial score (nSPS) is 12.6. The summed E-state index contributed by atoms with van der Waals surface area (Å²) in [6.45, 7) is 2.80. The standard InChI is InChI=1S/C13H20N4O2S/c1-4-9-5-10-11(15-6-8(18)7-19-3)16-13(14-2)17-12(10)20-9/h5,8,18H,4,6-7H2,1-3H3,(H2,14,15,16,17). The minimum absolute atomic E-state index is 0.296. The number of hydrogen-bond donors (Lipinski definition) is 3. The number of anilines is 2. The molecule has 110 valence electrons. The summed E-state index contributed by atoms with van der Waals surface area (Å²) in [6.07, 6.45) is 0.411. The first kappa shape index (κ1) is 15.0. The fraction of sp³-hybridized carbons (Fsp3) is 0.538. The number of aliphatic hydroxyl groups excluding tert-OH is 1. The lowest BCUT2D eigenvalue weighted by atomic mass is 10.3. The van der Waals surface area contributed by atoms with Crippen LogP contribution in [0.5, 0.6) is 0 Å². The van der Waals surface area contributed by atoms with E-state index < -0.39 is 6.10 Å². The molecule has 0 amide bonds. The molecule has 0 spiro atoms. The van der Waals surface area contributed by atoms with E-state index in [1.807, 2.05) is 0 Å². The highest BCUT2D eigenvalue weighted by Gasteiger charge is 2.12. The first-order chi connectivity index (χ1) is 9.67. The second-order valence-corrected chi connectivity index (χ2v) is 5.54. The molecule has 0 fully saturated rings. The summed E-state index contributed by atoms with van der Waals surface area (Å²) < 4.78 is 4.91. The van der Waals surface area contributed by atoms with Crippen molar-refractivity contribution in [3.05, 3.63) is 10.9 Å². The second kappa shape index (κ2) is 6.83. The van der Waals surface area contributed by atoms with Gasteiger partial charge in [0.25, 0.3) is 0 Å². The number of ether oxygens (including phenoxy) is 1. The van der Waals surface area contributed by atoms with E-state index in [-0.39, 0.29) is 0 Å². The summed E-state index contributed by atoms with van der Waals surface area (Å²) >= 11 is 1.67. The summed E-state index contributed by atoms with van der Waals surface area (Å²) in [5, 5.41) is 16.8. The molecule has 1 unspecified atom stereocenters. The molecule has 2 heterocycles. The average molecular weight is 296 g/mol. The average Bonchev–Trinajstić information content (AvgIpc) is 2.87. The molecule has 0 aliphatic rings. The maximum atomic E-state index is 9.72. The Kier molecular flexibility index (Phi) is 5.11. The van der Waals surface area contributed by atoms with Gasteiger partial charge in [0.1, 0.15) is 10.6 Å². The van der Waals surface area contributed by atoms with Gasteiger partial charge in [0.15, 0.2) is 0 Å². The van der Waals surface area contributed by atoms with Gasteiger partial charge >= 0.3 is 0 Å². The Labute approximate surface area is 122 Å². The minimum Gasteiger partial charge on any atom is -0.389 e. The van der Waals surface area contributed by atoms with E-state index >= 15 is 0 Å². The Morgan fingerprint density at radius 2 is 2.25 bits per heavy atom. The van der Waals surface area contributed by atoms with Crippen LogP contribution in [0.1, 0.15) is 11.8 Å². The highest BCUT2D eigenvalue weighted by molar-refractivity contribution is 7.18. The Morgan fingerprint density at radius 3 is 2.90 bits per heavy atom. The number of nitrogens with one attached hydrogen (secondary N) is 2. The largest absolute Gasteiger partial charge is 0.389 e. The van der Waals surface area contributed by atoms with Crippen molar-refractivity contribution in [2.75, 3.05) is 37.9 Å². The molecule has 0 saturated carbocycles. The number of hydrogen-bond acceptors (Lipinski definition) is 7. The van der Waals surface area contributed by atoms with Crippen molar-refractivity contribution in [2.45, 2.75) is 19.4 Å². The third-order valence-corrected chi connectivity index (χ3v) is 4.05. The molecule has 2 rings (SSSR count). The smallest absolute Gasteiger partial charge is 0.225 e. The van der Waals surface area contributed by atoms with Gasteiger partial charge in [-0.05, 0) is 12.5 Å². The van der Waals surface area contributed by atoms with Crippen LogP contribution in [0.15, 0.2) is 6.07 Å². The number of thiophene rings is 1. The van der Waals surface area contributed by atoms with E-state index in [4.69, 9.17) is 4.74 Å². The van der Waals surface area contributed by atoms with Crippen molar-refractivity contribution in [2.24, 2.45) is 0 Å². The van der Waals surface area contributed by atoms with Crippen molar-refractivity contribution in [1.29, 1.82) is 0 Å². The van der Waals surface area contributed by atoms with Crippen LogP contribution in [0.3, 0.4) is 0 Å². The number of rotatable bonds is 7. The predicted octanol–water partition coefficient (Wildman–Crippen LogP) is 1.71. The monoisotopic (exact) mass is 296 g/mol. The van der Waals surface area contributed by atoms with Gasteiger partial charge in [-0.25, -0.2) is 4.98 Å². The van der Waals surface area contributed by atoms with Crippen LogP contribution in [0.2, 0.25) is 0 Å². The summed E-state index contributed by atoms with van der Waals surface area (Å²) in [5.41, 5.74) is 0. The van der Waals surface area contributed by atoms with Gasteiger partial charge in [-0.15, -0.1) is 11.3 Å². The molecule has 1 atom stereocenters. The lowest BCUT2D eigenvalue weighted by Gasteiger charge is -2.12. The number of nitrogens with zero attached hydrogens (tertiary/aromatic N) is 2. The Morgan fingerprint density at radius 1 is 1.45 bits per heavy atom. The van der Waals surface area contributed by atoms with Gasteiger partial charge in [0, 0.05) is 25.6 Å². The SMILES string of the molecule is CCc1cc2c(NCC(O)COC)nc(NC)nc2s1. The number of methoxy groups -OCH3 is 1. The first-order valence-corrected chi connectivity index (χ1v) is 7.38. The highest BCUT2D eigenvalue weighted by Crippen LogP contribution is 2.30. The van der Waals surface area contributed by atoms with Crippen LogP contribution in [0.4, 0.5) is 11.8 Å².